The molecule has 0 saturated carbocycles. The summed E-state index contributed by atoms with van der Waals surface area (Å²) < 4.78 is 0. The second kappa shape index (κ2) is 8.48. The van der Waals surface area contributed by atoms with E-state index in [1.165, 1.54) is 30.6 Å². The average Bonchev–Trinajstić information content (AvgIpc) is 2.74. The molecule has 0 fully saturated rings. The lowest BCUT2D eigenvalue weighted by Crippen LogP contribution is -2.00. The molecule has 1 heterocycles. The summed E-state index contributed by atoms with van der Waals surface area (Å²) in [5.41, 5.74) is 6.72. The van der Waals surface area contributed by atoms with E-state index in [1.54, 1.807) is 11.8 Å². The van der Waals surface area contributed by atoms with Gasteiger partial charge in [-0.15, -0.1) is 23.1 Å². The number of nitrogen functional groups attached to an aromatic ring is 1. The molecule has 1 rings (SSSR count). The Hall–Kier alpha value is -0.680. The zero-order chi connectivity index (χ0) is 14.3. The Labute approximate surface area is 124 Å². The van der Waals surface area contributed by atoms with E-state index in [0.29, 0.717) is 17.0 Å². The van der Waals surface area contributed by atoms with E-state index in [0.717, 1.165) is 22.9 Å². The number of thiophene rings is 1. The third-order valence-corrected chi connectivity index (χ3v) is 5.16. The smallest absolute Gasteiger partial charge is 0.174 e. The molecule has 0 radical (unpaired) electrons. The first-order valence-electron chi connectivity index (χ1n) is 6.88. The molecule has 3 N–H and O–H groups in total. The molecule has 0 aliphatic carbocycles. The van der Waals surface area contributed by atoms with Gasteiger partial charge in [-0.3, -0.25) is 4.79 Å². The van der Waals surface area contributed by atoms with Crippen molar-refractivity contribution in [3.8, 4) is 0 Å². The number of nitrogens with two attached hydrogens (primary N) is 1. The summed E-state index contributed by atoms with van der Waals surface area (Å²) in [6.45, 7) is 5.03. The number of thioether (sulfide) groups is 1. The van der Waals surface area contributed by atoms with Gasteiger partial charge in [0, 0.05) is 13.0 Å². The van der Waals surface area contributed by atoms with Crippen molar-refractivity contribution in [2.24, 2.45) is 0 Å². The number of hydrogen-bond acceptors (Lipinski definition) is 5. The molecule has 0 spiro atoms. The standard InChI is InChI=1S/C14H24N2OS2/c1-4-6-7-8-9-16-14-13(18-3)11(15)12(19-14)10(17)5-2/h16H,4-9,15H2,1-3H3. The SMILES string of the molecule is CCCCCCNc1sc(C(=O)CC)c(N)c1SC. The number of hydrogen-bond donors (Lipinski definition) is 2. The summed E-state index contributed by atoms with van der Waals surface area (Å²) in [5.74, 6) is 0.136. The topological polar surface area (TPSA) is 55.1 Å². The maximum Gasteiger partial charge on any atom is 0.174 e. The largest absolute Gasteiger partial charge is 0.396 e. The van der Waals surface area contributed by atoms with Crippen LogP contribution in [0.15, 0.2) is 4.90 Å². The van der Waals surface area contributed by atoms with Crippen LogP contribution in [0.5, 0.6) is 0 Å². The highest BCUT2D eigenvalue weighted by Crippen LogP contribution is 2.42. The number of carbonyl (C=O) groups excluding carboxylic acids is 1. The maximum absolute atomic E-state index is 11.8. The van der Waals surface area contributed by atoms with Crippen LogP contribution in [0.4, 0.5) is 10.7 Å². The number of unbranched alkanes of at least 4 members (excludes halogenated alkanes) is 3. The van der Waals surface area contributed by atoms with Gasteiger partial charge in [-0.05, 0) is 12.7 Å². The Bertz CT molecular complexity index is 416. The van der Waals surface area contributed by atoms with Crippen LogP contribution in [0, 0.1) is 0 Å². The van der Waals surface area contributed by atoms with Gasteiger partial charge >= 0.3 is 0 Å². The van der Waals surface area contributed by atoms with Gasteiger partial charge in [-0.1, -0.05) is 33.1 Å². The molecule has 5 heteroatoms. The van der Waals surface area contributed by atoms with Crippen LogP contribution in [-0.2, 0) is 0 Å². The first kappa shape index (κ1) is 16.4. The van der Waals surface area contributed by atoms with Crippen molar-refractivity contribution in [1.29, 1.82) is 0 Å². The van der Waals surface area contributed by atoms with Crippen molar-refractivity contribution < 1.29 is 4.79 Å². The Balaban J connectivity index is 2.69. The lowest BCUT2D eigenvalue weighted by molar-refractivity contribution is 0.0992. The van der Waals surface area contributed by atoms with Crippen molar-refractivity contribution in [3.63, 3.8) is 0 Å². The maximum atomic E-state index is 11.8. The predicted octanol–water partition coefficient (Wildman–Crippen LogP) is 4.64. The molecule has 19 heavy (non-hydrogen) atoms. The summed E-state index contributed by atoms with van der Waals surface area (Å²) in [6, 6.07) is 0. The number of rotatable bonds is 9. The lowest BCUT2D eigenvalue weighted by Gasteiger charge is -2.05. The molecule has 0 aromatic carbocycles. The van der Waals surface area contributed by atoms with Gasteiger partial charge in [-0.2, -0.15) is 0 Å². The van der Waals surface area contributed by atoms with Crippen LogP contribution in [0.2, 0.25) is 0 Å². The Kier molecular flexibility index (Phi) is 7.31. The van der Waals surface area contributed by atoms with E-state index >= 15 is 0 Å². The third-order valence-electron chi connectivity index (χ3n) is 2.99. The molecule has 3 nitrogen and oxygen atoms in total. The molecular formula is C14H24N2OS2. The monoisotopic (exact) mass is 300 g/mol. The highest BCUT2D eigenvalue weighted by atomic mass is 32.2. The highest BCUT2D eigenvalue weighted by Gasteiger charge is 2.19. The zero-order valence-electron chi connectivity index (χ0n) is 12.0. The van der Waals surface area contributed by atoms with E-state index in [2.05, 4.69) is 12.2 Å². The molecule has 0 saturated heterocycles. The summed E-state index contributed by atoms with van der Waals surface area (Å²) in [7, 11) is 0. The fourth-order valence-electron chi connectivity index (χ4n) is 1.87. The molecular weight excluding hydrogens is 276 g/mol. The minimum absolute atomic E-state index is 0.136. The number of carbonyl (C=O) groups is 1. The Morgan fingerprint density at radius 1 is 1.32 bits per heavy atom. The molecule has 0 aliphatic rings. The Morgan fingerprint density at radius 3 is 2.63 bits per heavy atom. The van der Waals surface area contributed by atoms with Gasteiger partial charge in [0.05, 0.1) is 15.5 Å². The van der Waals surface area contributed by atoms with Crippen molar-refractivity contribution in [2.45, 2.75) is 50.8 Å². The lowest BCUT2D eigenvalue weighted by atomic mass is 10.2. The van der Waals surface area contributed by atoms with Gasteiger partial charge in [0.2, 0.25) is 0 Å². The minimum atomic E-state index is 0.136. The van der Waals surface area contributed by atoms with Crippen LogP contribution in [-0.4, -0.2) is 18.6 Å². The van der Waals surface area contributed by atoms with Crippen molar-refractivity contribution in [3.05, 3.63) is 4.88 Å². The molecule has 108 valence electrons. The fraction of sp³-hybridized carbons (Fsp3) is 0.643. The van der Waals surface area contributed by atoms with Crippen molar-refractivity contribution in [2.75, 3.05) is 23.9 Å². The minimum Gasteiger partial charge on any atom is -0.396 e. The van der Waals surface area contributed by atoms with Gasteiger partial charge in [0.25, 0.3) is 0 Å². The number of ketones is 1. The normalized spacial score (nSPS) is 10.7. The summed E-state index contributed by atoms with van der Waals surface area (Å²) >= 11 is 3.11. The van der Waals surface area contributed by atoms with Crippen LogP contribution in [0.25, 0.3) is 0 Å². The summed E-state index contributed by atoms with van der Waals surface area (Å²) in [4.78, 5) is 13.6. The van der Waals surface area contributed by atoms with Crippen molar-refractivity contribution >= 4 is 39.6 Å². The first-order valence-corrected chi connectivity index (χ1v) is 8.93. The second-order valence-electron chi connectivity index (χ2n) is 4.47. The fourth-order valence-corrected chi connectivity index (χ4v) is 3.94. The van der Waals surface area contributed by atoms with Crippen LogP contribution in [0.3, 0.4) is 0 Å². The second-order valence-corrected chi connectivity index (χ2v) is 6.31. The van der Waals surface area contributed by atoms with Gasteiger partial charge in [0.15, 0.2) is 5.78 Å². The third kappa shape index (κ3) is 4.42. The molecule has 0 bridgehead atoms. The summed E-state index contributed by atoms with van der Waals surface area (Å²) in [6.07, 6.45) is 7.45. The molecule has 0 amide bonds. The van der Waals surface area contributed by atoms with Crippen LogP contribution < -0.4 is 11.1 Å². The van der Waals surface area contributed by atoms with Gasteiger partial charge < -0.3 is 11.1 Å². The molecule has 0 atom stereocenters. The molecule has 0 unspecified atom stereocenters. The molecule has 1 aromatic rings. The average molecular weight is 300 g/mol. The Morgan fingerprint density at radius 2 is 2.05 bits per heavy atom. The van der Waals surface area contributed by atoms with Crippen molar-refractivity contribution in [1.82, 2.24) is 0 Å². The van der Waals surface area contributed by atoms with Crippen LogP contribution >= 0.6 is 23.1 Å². The van der Waals surface area contributed by atoms with Gasteiger partial charge in [-0.25, -0.2) is 0 Å². The van der Waals surface area contributed by atoms with E-state index in [4.69, 9.17) is 5.73 Å². The number of Topliss-reactive ketones (excluding diaryl/α,β-unsaturated/α-hetero) is 1. The van der Waals surface area contributed by atoms with E-state index in [9.17, 15) is 4.79 Å². The van der Waals surface area contributed by atoms with Crippen LogP contribution in [0.1, 0.15) is 55.6 Å². The highest BCUT2D eigenvalue weighted by molar-refractivity contribution is 7.99. The molecule has 0 aliphatic heterocycles. The van der Waals surface area contributed by atoms with E-state index < -0.39 is 0 Å². The quantitative estimate of drug-likeness (QED) is 0.396. The summed E-state index contributed by atoms with van der Waals surface area (Å²) in [5, 5.41) is 4.48. The van der Waals surface area contributed by atoms with E-state index in [1.807, 2.05) is 13.2 Å². The first-order chi connectivity index (χ1) is 9.15. The predicted molar refractivity (Wildman–Crippen MR) is 87.8 cm³/mol. The molecule has 1 aromatic heterocycles. The van der Waals surface area contributed by atoms with E-state index in [-0.39, 0.29) is 5.78 Å². The number of nitrogens with one attached hydrogen (secondary N) is 1. The number of anilines is 2. The van der Waals surface area contributed by atoms with Gasteiger partial charge in [0.1, 0.15) is 5.00 Å². The zero-order valence-corrected chi connectivity index (χ0v) is 13.7.